The Hall–Kier alpha value is -1.71. The first-order valence-corrected chi connectivity index (χ1v) is 8.55. The number of amides is 1. The van der Waals surface area contributed by atoms with Gasteiger partial charge in [-0.1, -0.05) is 12.5 Å². The van der Waals surface area contributed by atoms with Crippen molar-refractivity contribution in [3.8, 4) is 0 Å². The second-order valence-corrected chi connectivity index (χ2v) is 7.62. The first-order chi connectivity index (χ1) is 10.7. The van der Waals surface area contributed by atoms with E-state index in [2.05, 4.69) is 42.7 Å². The highest BCUT2D eigenvalue weighted by molar-refractivity contribution is 5.67. The Labute approximate surface area is 140 Å². The highest BCUT2D eigenvalue weighted by Crippen LogP contribution is 2.28. The zero-order chi connectivity index (χ0) is 17.0. The number of carbonyl (C=O) groups is 1. The topological polar surface area (TPSA) is 50.4 Å². The molecule has 0 saturated heterocycles. The summed E-state index contributed by atoms with van der Waals surface area (Å²) in [6, 6.07) is 6.90. The molecule has 2 N–H and O–H groups in total. The predicted octanol–water partition coefficient (Wildman–Crippen LogP) is 4.41. The van der Waals surface area contributed by atoms with Crippen LogP contribution in [0.15, 0.2) is 18.2 Å². The number of aryl methyl sites for hydroxylation is 2. The standard InChI is InChI=1S/C19H30N2O2/c1-13-9-10-16(11-14(13)2)21-17-8-6-7-15(17)12-20-18(22)23-19(3,4)5/h9-11,15,17,21H,6-8,12H2,1-5H3,(H,20,22). The van der Waals surface area contributed by atoms with Gasteiger partial charge < -0.3 is 15.4 Å². The molecule has 128 valence electrons. The number of alkyl carbamates (subject to hydrolysis) is 1. The van der Waals surface area contributed by atoms with Crippen LogP contribution in [0.2, 0.25) is 0 Å². The zero-order valence-electron chi connectivity index (χ0n) is 15.0. The molecule has 0 aromatic heterocycles. The maximum absolute atomic E-state index is 11.8. The minimum Gasteiger partial charge on any atom is -0.444 e. The summed E-state index contributed by atoms with van der Waals surface area (Å²) < 4.78 is 5.31. The van der Waals surface area contributed by atoms with Crippen molar-refractivity contribution >= 4 is 11.8 Å². The molecule has 0 radical (unpaired) electrons. The van der Waals surface area contributed by atoms with Gasteiger partial charge in [-0.2, -0.15) is 0 Å². The van der Waals surface area contributed by atoms with Crippen molar-refractivity contribution in [1.29, 1.82) is 0 Å². The molecule has 1 aliphatic carbocycles. The molecule has 4 heteroatoms. The predicted molar refractivity (Wildman–Crippen MR) is 94.9 cm³/mol. The van der Waals surface area contributed by atoms with Crippen LogP contribution in [0.1, 0.15) is 51.2 Å². The lowest BCUT2D eigenvalue weighted by Gasteiger charge is -2.24. The van der Waals surface area contributed by atoms with Crippen LogP contribution in [0.5, 0.6) is 0 Å². The third kappa shape index (κ3) is 5.45. The lowest BCUT2D eigenvalue weighted by atomic mass is 10.0. The van der Waals surface area contributed by atoms with Gasteiger partial charge in [0, 0.05) is 18.3 Å². The summed E-state index contributed by atoms with van der Waals surface area (Å²) in [6.07, 6.45) is 3.16. The lowest BCUT2D eigenvalue weighted by Crippen LogP contribution is -2.38. The molecule has 1 amide bonds. The molecule has 23 heavy (non-hydrogen) atoms. The van der Waals surface area contributed by atoms with Gasteiger partial charge in [0.05, 0.1) is 0 Å². The van der Waals surface area contributed by atoms with E-state index in [0.717, 1.165) is 12.8 Å². The third-order valence-corrected chi connectivity index (χ3v) is 4.43. The van der Waals surface area contributed by atoms with E-state index in [-0.39, 0.29) is 6.09 Å². The number of carbonyl (C=O) groups excluding carboxylic acids is 1. The lowest BCUT2D eigenvalue weighted by molar-refractivity contribution is 0.0519. The molecule has 0 aliphatic heterocycles. The van der Waals surface area contributed by atoms with Crippen LogP contribution in [0, 0.1) is 19.8 Å². The highest BCUT2D eigenvalue weighted by Gasteiger charge is 2.28. The summed E-state index contributed by atoms with van der Waals surface area (Å²) in [4.78, 5) is 11.8. The molecule has 1 saturated carbocycles. The van der Waals surface area contributed by atoms with Gasteiger partial charge >= 0.3 is 6.09 Å². The molecule has 0 spiro atoms. The highest BCUT2D eigenvalue weighted by atomic mass is 16.6. The summed E-state index contributed by atoms with van der Waals surface area (Å²) in [6.45, 7) is 10.6. The molecule has 2 rings (SSSR count). The fourth-order valence-electron chi connectivity index (χ4n) is 3.05. The maximum Gasteiger partial charge on any atom is 0.407 e. The van der Waals surface area contributed by atoms with E-state index in [1.165, 1.54) is 23.2 Å². The van der Waals surface area contributed by atoms with E-state index in [1.807, 2.05) is 20.8 Å². The van der Waals surface area contributed by atoms with Crippen molar-refractivity contribution in [2.75, 3.05) is 11.9 Å². The average molecular weight is 318 g/mol. The van der Waals surface area contributed by atoms with Crippen molar-refractivity contribution in [1.82, 2.24) is 5.32 Å². The first-order valence-electron chi connectivity index (χ1n) is 8.55. The molecule has 1 fully saturated rings. The average Bonchev–Trinajstić information content (AvgIpc) is 2.86. The van der Waals surface area contributed by atoms with Crippen molar-refractivity contribution < 1.29 is 9.53 Å². The molecule has 0 bridgehead atoms. The van der Waals surface area contributed by atoms with Crippen LogP contribution in [-0.2, 0) is 4.74 Å². The molecule has 4 nitrogen and oxygen atoms in total. The molecular formula is C19H30N2O2. The second kappa shape index (κ2) is 7.24. The normalized spacial score (nSPS) is 21.1. The minimum atomic E-state index is -0.448. The molecule has 2 unspecified atom stereocenters. The van der Waals surface area contributed by atoms with Gasteiger partial charge in [-0.15, -0.1) is 0 Å². The summed E-state index contributed by atoms with van der Waals surface area (Å²) in [7, 11) is 0. The van der Waals surface area contributed by atoms with Gasteiger partial charge in [0.2, 0.25) is 0 Å². The summed E-state index contributed by atoms with van der Waals surface area (Å²) in [5.41, 5.74) is 3.33. The van der Waals surface area contributed by atoms with Gasteiger partial charge in [0.15, 0.2) is 0 Å². The Kier molecular flexibility index (Phi) is 5.55. The molecule has 2 atom stereocenters. The van der Waals surface area contributed by atoms with Gasteiger partial charge in [-0.25, -0.2) is 4.79 Å². The molecule has 1 aliphatic rings. The number of hydrogen-bond acceptors (Lipinski definition) is 3. The van der Waals surface area contributed by atoms with E-state index in [9.17, 15) is 4.79 Å². The molecule has 1 aromatic rings. The second-order valence-electron chi connectivity index (χ2n) is 7.62. The summed E-state index contributed by atoms with van der Waals surface area (Å²) in [5.74, 6) is 0.448. The first kappa shape index (κ1) is 17.6. The van der Waals surface area contributed by atoms with E-state index >= 15 is 0 Å². The van der Waals surface area contributed by atoms with Crippen LogP contribution >= 0.6 is 0 Å². The number of anilines is 1. The van der Waals surface area contributed by atoms with Gasteiger partial charge in [0.1, 0.15) is 5.60 Å². The third-order valence-electron chi connectivity index (χ3n) is 4.43. The molecular weight excluding hydrogens is 288 g/mol. The zero-order valence-corrected chi connectivity index (χ0v) is 15.0. The van der Waals surface area contributed by atoms with Crippen LogP contribution in [0.25, 0.3) is 0 Å². The van der Waals surface area contributed by atoms with Gasteiger partial charge in [0.25, 0.3) is 0 Å². The Morgan fingerprint density at radius 3 is 2.61 bits per heavy atom. The Morgan fingerprint density at radius 1 is 1.22 bits per heavy atom. The van der Waals surface area contributed by atoms with Crippen LogP contribution < -0.4 is 10.6 Å². The summed E-state index contributed by atoms with van der Waals surface area (Å²) in [5, 5.41) is 6.56. The number of benzene rings is 1. The fraction of sp³-hybridized carbons (Fsp3) is 0.632. The van der Waals surface area contributed by atoms with Gasteiger partial charge in [-0.05, 0) is 76.6 Å². The van der Waals surface area contributed by atoms with Crippen LogP contribution in [-0.4, -0.2) is 24.3 Å². The summed E-state index contributed by atoms with van der Waals surface area (Å²) >= 11 is 0. The van der Waals surface area contributed by atoms with E-state index in [1.54, 1.807) is 0 Å². The van der Waals surface area contributed by atoms with E-state index in [0.29, 0.717) is 18.5 Å². The van der Waals surface area contributed by atoms with E-state index < -0.39 is 5.60 Å². The number of hydrogen-bond donors (Lipinski definition) is 2. The Morgan fingerprint density at radius 2 is 1.96 bits per heavy atom. The monoisotopic (exact) mass is 318 g/mol. The smallest absolute Gasteiger partial charge is 0.407 e. The number of nitrogens with one attached hydrogen (secondary N) is 2. The largest absolute Gasteiger partial charge is 0.444 e. The van der Waals surface area contributed by atoms with Gasteiger partial charge in [-0.3, -0.25) is 0 Å². The number of ether oxygens (including phenoxy) is 1. The maximum atomic E-state index is 11.8. The van der Waals surface area contributed by atoms with Crippen LogP contribution in [0.3, 0.4) is 0 Å². The SMILES string of the molecule is Cc1ccc(NC2CCCC2CNC(=O)OC(C)(C)C)cc1C. The Balaban J connectivity index is 1.87. The fourth-order valence-corrected chi connectivity index (χ4v) is 3.05. The molecule has 0 heterocycles. The minimum absolute atomic E-state index is 0.325. The van der Waals surface area contributed by atoms with Crippen molar-refractivity contribution in [3.05, 3.63) is 29.3 Å². The van der Waals surface area contributed by atoms with Crippen molar-refractivity contribution in [2.24, 2.45) is 5.92 Å². The number of rotatable bonds is 4. The Bertz CT molecular complexity index is 549. The van der Waals surface area contributed by atoms with Crippen LogP contribution in [0.4, 0.5) is 10.5 Å². The van der Waals surface area contributed by atoms with Crippen molar-refractivity contribution in [2.45, 2.75) is 65.5 Å². The quantitative estimate of drug-likeness (QED) is 0.864. The van der Waals surface area contributed by atoms with Crippen molar-refractivity contribution in [3.63, 3.8) is 0 Å². The van der Waals surface area contributed by atoms with E-state index in [4.69, 9.17) is 4.74 Å². The molecule has 1 aromatic carbocycles.